The van der Waals surface area contributed by atoms with Crippen molar-refractivity contribution in [2.24, 2.45) is 5.92 Å². The molecule has 0 spiro atoms. The van der Waals surface area contributed by atoms with Gasteiger partial charge in [0.2, 0.25) is 0 Å². The molecule has 17 heavy (non-hydrogen) atoms. The van der Waals surface area contributed by atoms with E-state index >= 15 is 0 Å². The van der Waals surface area contributed by atoms with E-state index in [1.54, 1.807) is 7.11 Å². The van der Waals surface area contributed by atoms with Crippen LogP contribution in [0, 0.1) is 17.2 Å². The second kappa shape index (κ2) is 6.08. The van der Waals surface area contributed by atoms with Crippen LogP contribution in [-0.4, -0.2) is 36.8 Å². The van der Waals surface area contributed by atoms with Crippen LogP contribution in [-0.2, 0) is 4.74 Å². The Morgan fingerprint density at radius 3 is 2.71 bits per heavy atom. The van der Waals surface area contributed by atoms with E-state index in [2.05, 4.69) is 11.4 Å². The average molecular weight is 254 g/mol. The molecule has 0 aromatic rings. The highest BCUT2D eigenvalue weighted by molar-refractivity contribution is 7.99. The number of thioether (sulfide) groups is 1. The van der Waals surface area contributed by atoms with Crippen LogP contribution in [0.4, 0.5) is 0 Å². The van der Waals surface area contributed by atoms with Gasteiger partial charge in [-0.05, 0) is 43.8 Å². The normalized spacial score (nSPS) is 23.1. The van der Waals surface area contributed by atoms with E-state index < -0.39 is 0 Å². The average Bonchev–Trinajstić information content (AvgIpc) is 3.18. The van der Waals surface area contributed by atoms with E-state index in [-0.39, 0.29) is 5.54 Å². The lowest BCUT2D eigenvalue weighted by Crippen LogP contribution is -2.49. The number of nitriles is 1. The van der Waals surface area contributed by atoms with Crippen LogP contribution >= 0.6 is 11.8 Å². The van der Waals surface area contributed by atoms with Gasteiger partial charge in [-0.2, -0.15) is 17.0 Å². The molecule has 2 aliphatic carbocycles. The molecule has 3 nitrogen and oxygen atoms in total. The van der Waals surface area contributed by atoms with Crippen molar-refractivity contribution in [1.29, 1.82) is 5.26 Å². The largest absolute Gasteiger partial charge is 0.385 e. The Morgan fingerprint density at radius 1 is 1.41 bits per heavy atom. The molecule has 0 aromatic carbocycles. The number of ether oxygens (including phenoxy) is 1. The van der Waals surface area contributed by atoms with Crippen molar-refractivity contribution in [2.45, 2.75) is 43.7 Å². The molecule has 0 aliphatic heterocycles. The van der Waals surface area contributed by atoms with Gasteiger partial charge in [0.15, 0.2) is 0 Å². The summed E-state index contributed by atoms with van der Waals surface area (Å²) in [7, 11) is 1.74. The van der Waals surface area contributed by atoms with Gasteiger partial charge < -0.3 is 4.74 Å². The van der Waals surface area contributed by atoms with Gasteiger partial charge in [-0.25, -0.2) is 0 Å². The topological polar surface area (TPSA) is 45.0 Å². The second-order valence-corrected chi connectivity index (χ2v) is 6.28. The maximum absolute atomic E-state index is 9.52. The zero-order valence-electron chi connectivity index (χ0n) is 10.6. The summed E-state index contributed by atoms with van der Waals surface area (Å²) in [6.45, 7) is 0.825. The molecule has 1 atom stereocenters. The van der Waals surface area contributed by atoms with Crippen LogP contribution < -0.4 is 5.32 Å². The van der Waals surface area contributed by atoms with E-state index in [1.807, 2.05) is 11.8 Å². The van der Waals surface area contributed by atoms with E-state index in [9.17, 15) is 5.26 Å². The monoisotopic (exact) mass is 254 g/mol. The van der Waals surface area contributed by atoms with Gasteiger partial charge in [0.05, 0.1) is 6.07 Å². The van der Waals surface area contributed by atoms with Crippen LogP contribution in [0.1, 0.15) is 32.1 Å². The third kappa shape index (κ3) is 3.87. The molecule has 0 aromatic heterocycles. The smallest absolute Gasteiger partial charge is 0.118 e. The predicted octanol–water partition coefficient (Wildman–Crippen LogP) is 2.18. The Balaban J connectivity index is 1.76. The summed E-state index contributed by atoms with van der Waals surface area (Å²) >= 11 is 1.90. The van der Waals surface area contributed by atoms with E-state index in [4.69, 9.17) is 4.74 Å². The van der Waals surface area contributed by atoms with Gasteiger partial charge in [0.25, 0.3) is 0 Å². The number of nitrogens with one attached hydrogen (secondary N) is 1. The fourth-order valence-electron chi connectivity index (χ4n) is 2.14. The Kier molecular flexibility index (Phi) is 4.72. The zero-order valence-corrected chi connectivity index (χ0v) is 11.4. The molecular formula is C13H22N2OS. The molecular weight excluding hydrogens is 232 g/mol. The molecule has 1 unspecified atom stereocenters. The van der Waals surface area contributed by atoms with Gasteiger partial charge in [-0.1, -0.05) is 0 Å². The van der Waals surface area contributed by atoms with E-state index in [0.29, 0.717) is 12.0 Å². The van der Waals surface area contributed by atoms with E-state index in [1.165, 1.54) is 25.7 Å². The van der Waals surface area contributed by atoms with Crippen molar-refractivity contribution >= 4 is 11.8 Å². The van der Waals surface area contributed by atoms with Crippen LogP contribution in [0.5, 0.6) is 0 Å². The Labute approximate surface area is 108 Å². The maximum atomic E-state index is 9.52. The number of hydrogen-bond acceptors (Lipinski definition) is 4. The molecule has 2 rings (SSSR count). The SMILES string of the molecule is COCCCSCC(C#N)(NC1CC1)C1CC1. The third-order valence-corrected chi connectivity index (χ3v) is 4.72. The lowest BCUT2D eigenvalue weighted by molar-refractivity contribution is 0.200. The van der Waals surface area contributed by atoms with Crippen molar-refractivity contribution in [2.75, 3.05) is 25.2 Å². The van der Waals surface area contributed by atoms with Gasteiger partial charge in [0.1, 0.15) is 5.54 Å². The molecule has 4 heteroatoms. The van der Waals surface area contributed by atoms with Crippen LogP contribution in [0.15, 0.2) is 0 Å². The van der Waals surface area contributed by atoms with Crippen LogP contribution in [0.25, 0.3) is 0 Å². The zero-order chi connectivity index (χ0) is 12.1. The minimum atomic E-state index is -0.237. The Bertz CT molecular complexity index is 284. The van der Waals surface area contributed by atoms with Gasteiger partial charge in [-0.3, -0.25) is 5.32 Å². The summed E-state index contributed by atoms with van der Waals surface area (Å²) in [5.74, 6) is 2.63. The molecule has 1 N–H and O–H groups in total. The van der Waals surface area contributed by atoms with Crippen LogP contribution in [0.3, 0.4) is 0 Å². The molecule has 2 fully saturated rings. The minimum Gasteiger partial charge on any atom is -0.385 e. The summed E-state index contributed by atoms with van der Waals surface area (Å²) in [5, 5.41) is 13.1. The summed E-state index contributed by atoms with van der Waals surface area (Å²) in [4.78, 5) is 0. The first-order valence-electron chi connectivity index (χ1n) is 6.56. The number of rotatable bonds is 9. The predicted molar refractivity (Wildman–Crippen MR) is 71.0 cm³/mol. The first kappa shape index (κ1) is 13.2. The molecule has 2 aliphatic rings. The van der Waals surface area contributed by atoms with E-state index in [0.717, 1.165) is 24.5 Å². The highest BCUT2D eigenvalue weighted by Gasteiger charge is 2.47. The molecule has 0 amide bonds. The molecule has 0 heterocycles. The summed E-state index contributed by atoms with van der Waals surface area (Å²) < 4.78 is 5.04. The molecule has 96 valence electrons. The quantitative estimate of drug-likeness (QED) is 0.641. The first-order chi connectivity index (χ1) is 8.30. The Morgan fingerprint density at radius 2 is 2.18 bits per heavy atom. The summed E-state index contributed by atoms with van der Waals surface area (Å²) in [6.07, 6.45) is 6.05. The number of hydrogen-bond donors (Lipinski definition) is 1. The Hall–Kier alpha value is -0.240. The van der Waals surface area contributed by atoms with Crippen LogP contribution in [0.2, 0.25) is 0 Å². The van der Waals surface area contributed by atoms with Crippen molar-refractivity contribution in [1.82, 2.24) is 5.32 Å². The summed E-state index contributed by atoms with van der Waals surface area (Å²) in [6, 6.07) is 3.20. The lowest BCUT2D eigenvalue weighted by Gasteiger charge is -2.27. The molecule has 0 radical (unpaired) electrons. The minimum absolute atomic E-state index is 0.237. The maximum Gasteiger partial charge on any atom is 0.118 e. The highest BCUT2D eigenvalue weighted by atomic mass is 32.2. The molecule has 0 bridgehead atoms. The van der Waals surface area contributed by atoms with Gasteiger partial charge in [0, 0.05) is 25.5 Å². The van der Waals surface area contributed by atoms with Crippen molar-refractivity contribution < 1.29 is 4.74 Å². The number of methoxy groups -OCH3 is 1. The molecule has 0 saturated heterocycles. The fourth-order valence-corrected chi connectivity index (χ4v) is 3.31. The summed E-state index contributed by atoms with van der Waals surface area (Å²) in [5.41, 5.74) is -0.237. The second-order valence-electron chi connectivity index (χ2n) is 5.17. The van der Waals surface area contributed by atoms with Crippen molar-refractivity contribution in [3.63, 3.8) is 0 Å². The highest BCUT2D eigenvalue weighted by Crippen LogP contribution is 2.42. The van der Waals surface area contributed by atoms with Gasteiger partial charge >= 0.3 is 0 Å². The van der Waals surface area contributed by atoms with Gasteiger partial charge in [-0.15, -0.1) is 0 Å². The van der Waals surface area contributed by atoms with Crippen molar-refractivity contribution in [3.8, 4) is 6.07 Å². The standard InChI is InChI=1S/C13H22N2OS/c1-16-7-2-8-17-10-13(9-14,11-3-4-11)15-12-5-6-12/h11-12,15H,2-8,10H2,1H3. The lowest BCUT2D eigenvalue weighted by atomic mass is 9.97. The first-order valence-corrected chi connectivity index (χ1v) is 7.72. The number of nitrogens with zero attached hydrogens (tertiary/aromatic N) is 1. The molecule has 2 saturated carbocycles. The van der Waals surface area contributed by atoms with Crippen molar-refractivity contribution in [3.05, 3.63) is 0 Å². The third-order valence-electron chi connectivity index (χ3n) is 3.48. The fraction of sp³-hybridized carbons (Fsp3) is 0.923.